The van der Waals surface area contributed by atoms with E-state index in [4.69, 9.17) is 10.5 Å². The molecule has 1 unspecified atom stereocenters. The molecule has 0 bridgehead atoms. The van der Waals surface area contributed by atoms with Crippen LogP contribution < -0.4 is 11.1 Å². The van der Waals surface area contributed by atoms with E-state index in [9.17, 15) is 0 Å². The zero-order valence-corrected chi connectivity index (χ0v) is 10.3. The summed E-state index contributed by atoms with van der Waals surface area (Å²) >= 11 is 3.33. The van der Waals surface area contributed by atoms with Crippen LogP contribution in [0.3, 0.4) is 0 Å². The third kappa shape index (κ3) is 5.11. The number of hydrogen-bond acceptors (Lipinski definition) is 4. The summed E-state index contributed by atoms with van der Waals surface area (Å²) in [5.41, 5.74) is 5.78. The molecule has 0 aliphatic rings. The van der Waals surface area contributed by atoms with Gasteiger partial charge >= 0.3 is 0 Å². The summed E-state index contributed by atoms with van der Waals surface area (Å²) in [4.78, 5) is 4.19. The number of pyridine rings is 1. The minimum Gasteiger partial charge on any atom is -0.383 e. The number of ether oxygens (including phenoxy) is 1. The van der Waals surface area contributed by atoms with Crippen LogP contribution in [0.5, 0.6) is 0 Å². The lowest BCUT2D eigenvalue weighted by molar-refractivity contribution is 0.178. The van der Waals surface area contributed by atoms with Gasteiger partial charge in [0.2, 0.25) is 0 Å². The first-order valence-electron chi connectivity index (χ1n) is 4.82. The molecule has 0 aliphatic heterocycles. The molecule has 1 aromatic heterocycles. The number of nitrogens with zero attached hydrogens (tertiary/aromatic N) is 1. The van der Waals surface area contributed by atoms with Gasteiger partial charge < -0.3 is 15.8 Å². The van der Waals surface area contributed by atoms with E-state index in [-0.39, 0.29) is 6.04 Å². The molecule has 0 amide bonds. The lowest BCUT2D eigenvalue weighted by Crippen LogP contribution is -2.28. The lowest BCUT2D eigenvalue weighted by atomic mass is 10.2. The van der Waals surface area contributed by atoms with Gasteiger partial charge in [0.05, 0.1) is 6.61 Å². The third-order valence-electron chi connectivity index (χ3n) is 1.93. The Balaban J connectivity index is 2.22. The Morgan fingerprint density at radius 1 is 1.60 bits per heavy atom. The maximum atomic E-state index is 5.78. The molecule has 0 saturated carbocycles. The molecule has 0 spiro atoms. The van der Waals surface area contributed by atoms with Crippen molar-refractivity contribution >= 4 is 21.7 Å². The molecular weight excluding hydrogens is 258 g/mol. The minimum atomic E-state index is 0.0814. The van der Waals surface area contributed by atoms with Crippen molar-refractivity contribution in [2.75, 3.05) is 25.6 Å². The fourth-order valence-corrected chi connectivity index (χ4v) is 1.40. The average Bonchev–Trinajstić information content (AvgIpc) is 2.21. The Morgan fingerprint density at radius 2 is 2.40 bits per heavy atom. The molecule has 0 radical (unpaired) electrons. The number of nitrogens with one attached hydrogen (secondary N) is 1. The van der Waals surface area contributed by atoms with Crippen LogP contribution in [0.2, 0.25) is 0 Å². The van der Waals surface area contributed by atoms with E-state index in [1.54, 1.807) is 13.3 Å². The highest BCUT2D eigenvalue weighted by molar-refractivity contribution is 9.10. The van der Waals surface area contributed by atoms with Crippen molar-refractivity contribution < 1.29 is 4.74 Å². The second-order valence-corrected chi connectivity index (χ2v) is 4.21. The number of anilines is 1. The Morgan fingerprint density at radius 3 is 3.00 bits per heavy atom. The predicted molar refractivity (Wildman–Crippen MR) is 64.9 cm³/mol. The van der Waals surface area contributed by atoms with Crippen LogP contribution in [0.4, 0.5) is 5.82 Å². The van der Waals surface area contributed by atoms with E-state index in [1.807, 2.05) is 12.1 Å². The molecule has 0 aromatic carbocycles. The summed E-state index contributed by atoms with van der Waals surface area (Å²) in [5.74, 6) is 0.864. The monoisotopic (exact) mass is 273 g/mol. The molecular formula is C10H16BrN3O. The SMILES string of the molecule is COCC(N)CCNc1ccc(Br)cn1. The van der Waals surface area contributed by atoms with Gasteiger partial charge in [-0.15, -0.1) is 0 Å². The third-order valence-corrected chi connectivity index (χ3v) is 2.40. The summed E-state index contributed by atoms with van der Waals surface area (Å²) in [5, 5.41) is 3.19. The maximum absolute atomic E-state index is 5.78. The van der Waals surface area contributed by atoms with Crippen molar-refractivity contribution in [3.05, 3.63) is 22.8 Å². The molecule has 15 heavy (non-hydrogen) atoms. The van der Waals surface area contributed by atoms with Crippen molar-refractivity contribution in [1.82, 2.24) is 4.98 Å². The first kappa shape index (κ1) is 12.4. The van der Waals surface area contributed by atoms with E-state index >= 15 is 0 Å². The van der Waals surface area contributed by atoms with Gasteiger partial charge in [-0.2, -0.15) is 0 Å². The summed E-state index contributed by atoms with van der Waals surface area (Å²) in [6.07, 6.45) is 2.63. The summed E-state index contributed by atoms with van der Waals surface area (Å²) in [6.45, 7) is 1.40. The fourth-order valence-electron chi connectivity index (χ4n) is 1.16. The topological polar surface area (TPSA) is 60.2 Å². The van der Waals surface area contributed by atoms with Gasteiger partial charge in [-0.1, -0.05) is 0 Å². The first-order valence-corrected chi connectivity index (χ1v) is 5.61. The summed E-state index contributed by atoms with van der Waals surface area (Å²) in [6, 6.07) is 3.95. The maximum Gasteiger partial charge on any atom is 0.125 e. The van der Waals surface area contributed by atoms with Crippen LogP contribution in [0.25, 0.3) is 0 Å². The molecule has 84 valence electrons. The predicted octanol–water partition coefficient (Wildman–Crippen LogP) is 1.62. The van der Waals surface area contributed by atoms with Crippen LogP contribution in [-0.4, -0.2) is 31.3 Å². The fraction of sp³-hybridized carbons (Fsp3) is 0.500. The number of aromatic nitrogens is 1. The van der Waals surface area contributed by atoms with Crippen LogP contribution >= 0.6 is 15.9 Å². The Kier molecular flexibility index (Phi) is 5.60. The molecule has 1 rings (SSSR count). The van der Waals surface area contributed by atoms with Crippen LogP contribution in [0.15, 0.2) is 22.8 Å². The normalized spacial score (nSPS) is 12.5. The van der Waals surface area contributed by atoms with Crippen molar-refractivity contribution in [2.45, 2.75) is 12.5 Å². The van der Waals surface area contributed by atoms with Gasteiger partial charge in [0.15, 0.2) is 0 Å². The molecule has 3 N–H and O–H groups in total. The highest BCUT2D eigenvalue weighted by Gasteiger charge is 2.01. The highest BCUT2D eigenvalue weighted by Crippen LogP contribution is 2.10. The van der Waals surface area contributed by atoms with Crippen molar-refractivity contribution in [3.8, 4) is 0 Å². The van der Waals surface area contributed by atoms with Gasteiger partial charge in [-0.3, -0.25) is 0 Å². The molecule has 1 heterocycles. The van der Waals surface area contributed by atoms with Gasteiger partial charge in [0, 0.05) is 30.4 Å². The number of methoxy groups -OCH3 is 1. The zero-order valence-electron chi connectivity index (χ0n) is 8.74. The van der Waals surface area contributed by atoms with E-state index in [0.29, 0.717) is 6.61 Å². The summed E-state index contributed by atoms with van der Waals surface area (Å²) < 4.78 is 5.92. The Bertz CT molecular complexity index is 279. The quantitative estimate of drug-likeness (QED) is 0.827. The van der Waals surface area contributed by atoms with E-state index in [0.717, 1.165) is 23.3 Å². The number of rotatable bonds is 6. The van der Waals surface area contributed by atoms with Gasteiger partial charge in [0.1, 0.15) is 5.82 Å². The van der Waals surface area contributed by atoms with Gasteiger partial charge in [-0.05, 0) is 34.5 Å². The van der Waals surface area contributed by atoms with Crippen molar-refractivity contribution in [3.63, 3.8) is 0 Å². The molecule has 4 nitrogen and oxygen atoms in total. The molecule has 1 aromatic rings. The number of hydrogen-bond donors (Lipinski definition) is 2. The smallest absolute Gasteiger partial charge is 0.125 e. The van der Waals surface area contributed by atoms with Crippen molar-refractivity contribution in [2.24, 2.45) is 5.73 Å². The van der Waals surface area contributed by atoms with Gasteiger partial charge in [-0.25, -0.2) is 4.98 Å². The minimum absolute atomic E-state index is 0.0814. The number of halogens is 1. The lowest BCUT2D eigenvalue weighted by Gasteiger charge is -2.11. The Hall–Kier alpha value is -0.650. The second kappa shape index (κ2) is 6.76. The summed E-state index contributed by atoms with van der Waals surface area (Å²) in [7, 11) is 1.66. The zero-order chi connectivity index (χ0) is 11.1. The highest BCUT2D eigenvalue weighted by atomic mass is 79.9. The first-order chi connectivity index (χ1) is 7.22. The van der Waals surface area contributed by atoms with Gasteiger partial charge in [0.25, 0.3) is 0 Å². The second-order valence-electron chi connectivity index (χ2n) is 3.29. The van der Waals surface area contributed by atoms with Crippen LogP contribution in [0, 0.1) is 0 Å². The molecule has 0 aliphatic carbocycles. The molecule has 0 saturated heterocycles. The molecule has 0 fully saturated rings. The molecule has 5 heteroatoms. The largest absolute Gasteiger partial charge is 0.383 e. The Labute approximate surface area is 98.3 Å². The van der Waals surface area contributed by atoms with E-state index in [1.165, 1.54) is 0 Å². The van der Waals surface area contributed by atoms with Crippen LogP contribution in [0.1, 0.15) is 6.42 Å². The van der Waals surface area contributed by atoms with E-state index in [2.05, 4.69) is 26.2 Å². The van der Waals surface area contributed by atoms with Crippen molar-refractivity contribution in [1.29, 1.82) is 0 Å². The average molecular weight is 274 g/mol. The molecule has 1 atom stereocenters. The van der Waals surface area contributed by atoms with Crippen LogP contribution in [-0.2, 0) is 4.74 Å². The standard InChI is InChI=1S/C10H16BrN3O/c1-15-7-9(12)4-5-13-10-3-2-8(11)6-14-10/h2-3,6,9H,4-5,7,12H2,1H3,(H,13,14). The number of nitrogens with two attached hydrogens (primary N) is 1. The van der Waals surface area contributed by atoms with E-state index < -0.39 is 0 Å².